The first-order valence-corrected chi connectivity index (χ1v) is 9.79. The summed E-state index contributed by atoms with van der Waals surface area (Å²) in [6, 6.07) is 13.1. The van der Waals surface area contributed by atoms with E-state index in [0.29, 0.717) is 5.58 Å². The van der Waals surface area contributed by atoms with E-state index in [9.17, 15) is 9.59 Å². The monoisotopic (exact) mass is 375 g/mol. The lowest BCUT2D eigenvalue weighted by atomic mass is 9.90. The molecule has 2 aromatic carbocycles. The molecule has 0 fully saturated rings. The van der Waals surface area contributed by atoms with Gasteiger partial charge in [0.15, 0.2) is 0 Å². The molecule has 5 rings (SSSR count). The number of anilines is 1. The van der Waals surface area contributed by atoms with Crippen LogP contribution in [0.3, 0.4) is 0 Å². The second kappa shape index (κ2) is 6.82. The molecule has 142 valence electrons. The molecule has 5 nitrogen and oxygen atoms in total. The molecule has 1 aromatic heterocycles. The zero-order chi connectivity index (χ0) is 19.1. The van der Waals surface area contributed by atoms with Crippen molar-refractivity contribution in [3.8, 4) is 0 Å². The van der Waals surface area contributed by atoms with Crippen LogP contribution in [0, 0.1) is 0 Å². The number of aryl methyl sites for hydroxylation is 2. The molecule has 3 aromatic rings. The summed E-state index contributed by atoms with van der Waals surface area (Å²) >= 11 is 0. The Bertz CT molecular complexity index is 1110. The van der Waals surface area contributed by atoms with Crippen molar-refractivity contribution in [2.75, 3.05) is 18.0 Å². The van der Waals surface area contributed by atoms with Gasteiger partial charge in [0.25, 0.3) is 0 Å². The van der Waals surface area contributed by atoms with Crippen LogP contribution in [-0.2, 0) is 24.2 Å². The zero-order valence-electron chi connectivity index (χ0n) is 15.6. The average molecular weight is 375 g/mol. The van der Waals surface area contributed by atoms with Crippen molar-refractivity contribution in [3.63, 3.8) is 0 Å². The number of hydrogen-bond acceptors (Lipinski definition) is 5. The molecule has 0 bridgehead atoms. The fourth-order valence-electron chi connectivity index (χ4n) is 4.39. The second-order valence-corrected chi connectivity index (χ2v) is 7.48. The van der Waals surface area contributed by atoms with Gasteiger partial charge in [0.2, 0.25) is 0 Å². The van der Waals surface area contributed by atoms with E-state index in [4.69, 9.17) is 9.15 Å². The number of benzene rings is 2. The lowest BCUT2D eigenvalue weighted by molar-refractivity contribution is 0.0468. The minimum atomic E-state index is -0.646. The third-order valence-corrected chi connectivity index (χ3v) is 5.65. The molecule has 2 aliphatic heterocycles. The van der Waals surface area contributed by atoms with E-state index >= 15 is 0 Å². The highest BCUT2D eigenvalue weighted by molar-refractivity contribution is 5.95. The Kier molecular flexibility index (Phi) is 4.15. The second-order valence-electron chi connectivity index (χ2n) is 7.48. The maximum atomic E-state index is 12.5. The van der Waals surface area contributed by atoms with Gasteiger partial charge in [-0.05, 0) is 48.9 Å². The molecule has 0 N–H and O–H groups in total. The maximum Gasteiger partial charge on any atom is 0.351 e. The van der Waals surface area contributed by atoms with Gasteiger partial charge in [-0.25, -0.2) is 9.59 Å². The summed E-state index contributed by atoms with van der Waals surface area (Å²) in [6.07, 6.45) is 4.09. The molecule has 0 radical (unpaired) electrons. The predicted octanol–water partition coefficient (Wildman–Crippen LogP) is 3.85. The van der Waals surface area contributed by atoms with Gasteiger partial charge in [-0.15, -0.1) is 0 Å². The SMILES string of the molecule is O=C(OCc1ccccc1)c1cc2cc3c4c(c2oc1=O)CCCN4CCC3. The van der Waals surface area contributed by atoms with E-state index < -0.39 is 11.6 Å². The number of carbonyl (C=O) groups excluding carboxylic acids is 1. The predicted molar refractivity (Wildman–Crippen MR) is 107 cm³/mol. The van der Waals surface area contributed by atoms with E-state index in [1.54, 1.807) is 6.07 Å². The summed E-state index contributed by atoms with van der Waals surface area (Å²) < 4.78 is 11.0. The van der Waals surface area contributed by atoms with Crippen molar-refractivity contribution >= 4 is 22.6 Å². The lowest BCUT2D eigenvalue weighted by Crippen LogP contribution is -2.34. The van der Waals surface area contributed by atoms with Crippen molar-refractivity contribution in [3.05, 3.63) is 75.1 Å². The van der Waals surface area contributed by atoms with Gasteiger partial charge in [0, 0.05) is 29.7 Å². The molecular formula is C23H21NO4. The highest BCUT2D eigenvalue weighted by Crippen LogP contribution is 2.39. The highest BCUT2D eigenvalue weighted by Gasteiger charge is 2.27. The Morgan fingerprint density at radius 3 is 2.68 bits per heavy atom. The quantitative estimate of drug-likeness (QED) is 0.514. The Morgan fingerprint density at radius 1 is 1.07 bits per heavy atom. The lowest BCUT2D eigenvalue weighted by Gasteiger charge is -2.37. The molecular weight excluding hydrogens is 354 g/mol. The van der Waals surface area contributed by atoms with Gasteiger partial charge in [0.05, 0.1) is 0 Å². The molecule has 0 saturated carbocycles. The van der Waals surface area contributed by atoms with Crippen LogP contribution in [0.5, 0.6) is 0 Å². The molecule has 0 unspecified atom stereocenters. The van der Waals surface area contributed by atoms with Crippen LogP contribution in [0.4, 0.5) is 5.69 Å². The summed E-state index contributed by atoms with van der Waals surface area (Å²) in [5.41, 5.74) is 4.46. The summed E-state index contributed by atoms with van der Waals surface area (Å²) in [5, 5.41) is 0.809. The molecule has 2 aliphatic rings. The molecule has 28 heavy (non-hydrogen) atoms. The van der Waals surface area contributed by atoms with Crippen LogP contribution in [0.25, 0.3) is 11.0 Å². The Morgan fingerprint density at radius 2 is 1.86 bits per heavy atom. The van der Waals surface area contributed by atoms with Crippen molar-refractivity contribution in [1.82, 2.24) is 0 Å². The van der Waals surface area contributed by atoms with Crippen molar-refractivity contribution in [2.45, 2.75) is 32.3 Å². The van der Waals surface area contributed by atoms with Gasteiger partial charge in [-0.1, -0.05) is 30.3 Å². The molecule has 0 spiro atoms. The van der Waals surface area contributed by atoms with Crippen LogP contribution in [0.2, 0.25) is 0 Å². The fourth-order valence-corrected chi connectivity index (χ4v) is 4.39. The number of ether oxygens (including phenoxy) is 1. The number of hydrogen-bond donors (Lipinski definition) is 0. The van der Waals surface area contributed by atoms with Gasteiger partial charge < -0.3 is 14.1 Å². The van der Waals surface area contributed by atoms with Gasteiger partial charge in [-0.3, -0.25) is 0 Å². The number of rotatable bonds is 3. The third-order valence-electron chi connectivity index (χ3n) is 5.65. The number of esters is 1. The fraction of sp³-hybridized carbons (Fsp3) is 0.304. The van der Waals surface area contributed by atoms with Gasteiger partial charge in [0.1, 0.15) is 17.8 Å². The van der Waals surface area contributed by atoms with Crippen molar-refractivity contribution in [2.24, 2.45) is 0 Å². The topological polar surface area (TPSA) is 59.8 Å². The normalized spacial score (nSPS) is 15.4. The largest absolute Gasteiger partial charge is 0.457 e. The minimum Gasteiger partial charge on any atom is -0.457 e. The van der Waals surface area contributed by atoms with E-state index in [-0.39, 0.29) is 12.2 Å². The minimum absolute atomic E-state index is 0.0425. The van der Waals surface area contributed by atoms with E-state index in [1.807, 2.05) is 30.3 Å². The van der Waals surface area contributed by atoms with Crippen molar-refractivity contribution in [1.29, 1.82) is 0 Å². The Labute approximate surface area is 162 Å². The van der Waals surface area contributed by atoms with Crippen LogP contribution >= 0.6 is 0 Å². The van der Waals surface area contributed by atoms with E-state index in [2.05, 4.69) is 11.0 Å². The van der Waals surface area contributed by atoms with E-state index in [0.717, 1.165) is 55.3 Å². The summed E-state index contributed by atoms with van der Waals surface area (Å²) in [5.74, 6) is -0.646. The summed E-state index contributed by atoms with van der Waals surface area (Å²) in [7, 11) is 0. The zero-order valence-corrected chi connectivity index (χ0v) is 15.6. The molecule has 3 heterocycles. The van der Waals surface area contributed by atoms with E-state index in [1.165, 1.54) is 11.3 Å². The molecule has 5 heteroatoms. The number of nitrogens with zero attached hydrogens (tertiary/aromatic N) is 1. The number of fused-ring (bicyclic) bond motifs is 2. The van der Waals surface area contributed by atoms with Gasteiger partial charge in [-0.2, -0.15) is 0 Å². The molecule has 0 aliphatic carbocycles. The van der Waals surface area contributed by atoms with Crippen LogP contribution in [0.15, 0.2) is 51.7 Å². The van der Waals surface area contributed by atoms with Crippen LogP contribution in [0.1, 0.15) is 39.9 Å². The maximum absolute atomic E-state index is 12.5. The molecule has 0 amide bonds. The van der Waals surface area contributed by atoms with Crippen LogP contribution in [-0.4, -0.2) is 19.1 Å². The Hall–Kier alpha value is -3.08. The first-order chi connectivity index (χ1) is 13.7. The third kappa shape index (κ3) is 2.87. The van der Waals surface area contributed by atoms with Gasteiger partial charge >= 0.3 is 11.6 Å². The summed E-state index contributed by atoms with van der Waals surface area (Å²) in [4.78, 5) is 27.4. The average Bonchev–Trinajstić information content (AvgIpc) is 2.73. The standard InChI is InChI=1S/C23H21NO4/c25-22(27-14-15-6-2-1-3-7-15)19-13-17-12-16-8-4-10-24-11-5-9-18(20(16)24)21(17)28-23(19)26/h1-3,6-7,12-13H,4-5,8-11,14H2. The highest BCUT2D eigenvalue weighted by atomic mass is 16.5. The first kappa shape index (κ1) is 17.0. The molecule has 0 saturated heterocycles. The Balaban J connectivity index is 1.53. The number of carbonyl (C=O) groups is 1. The van der Waals surface area contributed by atoms with Crippen LogP contribution < -0.4 is 10.5 Å². The molecule has 0 atom stereocenters. The summed E-state index contributed by atoms with van der Waals surface area (Å²) in [6.45, 7) is 2.24. The smallest absolute Gasteiger partial charge is 0.351 e. The first-order valence-electron chi connectivity index (χ1n) is 9.79. The van der Waals surface area contributed by atoms with Crippen molar-refractivity contribution < 1.29 is 13.9 Å².